The molecule has 0 bridgehead atoms. The summed E-state index contributed by atoms with van der Waals surface area (Å²) in [5.74, 6) is 1.94. The van der Waals surface area contributed by atoms with Gasteiger partial charge in [0.15, 0.2) is 11.5 Å². The average Bonchev–Trinajstić information content (AvgIpc) is 2.73. The van der Waals surface area contributed by atoms with Crippen LogP contribution in [0.15, 0.2) is 50.8 Å². The highest BCUT2D eigenvalue weighted by Gasteiger charge is 2.14. The van der Waals surface area contributed by atoms with Gasteiger partial charge < -0.3 is 9.47 Å². The highest BCUT2D eigenvalue weighted by molar-refractivity contribution is 9.10. The van der Waals surface area contributed by atoms with Crippen LogP contribution in [-0.2, 0) is 0 Å². The molecule has 6 nitrogen and oxygen atoms in total. The van der Waals surface area contributed by atoms with Crippen molar-refractivity contribution in [3.05, 3.63) is 62.6 Å². The number of benzene rings is 2. The zero-order valence-electron chi connectivity index (χ0n) is 17.8. The molecule has 0 aliphatic rings. The number of hydrogen-bond acceptors (Lipinski definition) is 5. The molecular weight excluding hydrogens is 446 g/mol. The van der Waals surface area contributed by atoms with Crippen LogP contribution in [0.5, 0.6) is 11.5 Å². The normalized spacial score (nSPS) is 12.6. The van der Waals surface area contributed by atoms with Crippen LogP contribution in [0, 0.1) is 0 Å². The summed E-state index contributed by atoms with van der Waals surface area (Å²) in [5, 5.41) is 4.98. The van der Waals surface area contributed by atoms with Crippen molar-refractivity contribution in [2.45, 2.75) is 46.1 Å². The van der Waals surface area contributed by atoms with Gasteiger partial charge in [-0.15, -0.1) is 0 Å². The standard InChI is InChI=1S/C23H26BrN3O3/c1-6-15(4)30-20-10-7-16(11-21(20)29-5)13-25-27-22(14(2)3)26-19-9-8-17(24)12-18(19)23(27)28/h7-15H,6H2,1-5H3/t15-/m0/s1. The minimum atomic E-state index is -0.204. The van der Waals surface area contributed by atoms with Gasteiger partial charge in [0.05, 0.1) is 30.3 Å². The summed E-state index contributed by atoms with van der Waals surface area (Å²) in [5.41, 5.74) is 1.25. The van der Waals surface area contributed by atoms with E-state index < -0.39 is 0 Å². The van der Waals surface area contributed by atoms with Crippen molar-refractivity contribution in [1.29, 1.82) is 0 Å². The number of nitrogens with zero attached hydrogens (tertiary/aromatic N) is 3. The molecule has 0 saturated heterocycles. The van der Waals surface area contributed by atoms with Gasteiger partial charge in [0.25, 0.3) is 5.56 Å². The highest BCUT2D eigenvalue weighted by atomic mass is 79.9. The molecule has 0 aliphatic heterocycles. The molecule has 7 heteroatoms. The quantitative estimate of drug-likeness (QED) is 0.435. The lowest BCUT2D eigenvalue weighted by molar-refractivity contribution is 0.207. The molecule has 158 valence electrons. The van der Waals surface area contributed by atoms with Crippen molar-refractivity contribution in [1.82, 2.24) is 9.66 Å². The lowest BCUT2D eigenvalue weighted by Gasteiger charge is -2.15. The summed E-state index contributed by atoms with van der Waals surface area (Å²) in [6, 6.07) is 11.1. The lowest BCUT2D eigenvalue weighted by Crippen LogP contribution is -2.23. The van der Waals surface area contributed by atoms with Crippen LogP contribution in [0.25, 0.3) is 10.9 Å². The van der Waals surface area contributed by atoms with Crippen LogP contribution < -0.4 is 15.0 Å². The first-order valence-electron chi connectivity index (χ1n) is 9.95. The first-order chi connectivity index (χ1) is 14.3. The second kappa shape index (κ2) is 9.43. The maximum Gasteiger partial charge on any atom is 0.282 e. The van der Waals surface area contributed by atoms with Gasteiger partial charge >= 0.3 is 0 Å². The molecule has 0 spiro atoms. The second-order valence-electron chi connectivity index (χ2n) is 7.39. The van der Waals surface area contributed by atoms with E-state index in [-0.39, 0.29) is 17.6 Å². The smallest absolute Gasteiger partial charge is 0.282 e. The molecule has 0 unspecified atom stereocenters. The van der Waals surface area contributed by atoms with Crippen molar-refractivity contribution in [3.63, 3.8) is 0 Å². The number of halogens is 1. The monoisotopic (exact) mass is 471 g/mol. The van der Waals surface area contributed by atoms with E-state index >= 15 is 0 Å². The Bertz CT molecular complexity index is 1140. The Morgan fingerprint density at radius 1 is 1.17 bits per heavy atom. The third-order valence-corrected chi connectivity index (χ3v) is 5.26. The molecule has 2 aromatic carbocycles. The summed E-state index contributed by atoms with van der Waals surface area (Å²) in [4.78, 5) is 17.8. The van der Waals surface area contributed by atoms with Gasteiger partial charge in [0.1, 0.15) is 5.82 Å². The summed E-state index contributed by atoms with van der Waals surface area (Å²) in [7, 11) is 1.60. The Morgan fingerprint density at radius 2 is 1.93 bits per heavy atom. The summed E-state index contributed by atoms with van der Waals surface area (Å²) < 4.78 is 13.6. The van der Waals surface area contributed by atoms with E-state index in [4.69, 9.17) is 9.47 Å². The van der Waals surface area contributed by atoms with Crippen LogP contribution in [-0.4, -0.2) is 29.1 Å². The van der Waals surface area contributed by atoms with Gasteiger partial charge in [0, 0.05) is 10.4 Å². The molecular formula is C23H26BrN3O3. The molecule has 0 aliphatic carbocycles. The van der Waals surface area contributed by atoms with Crippen molar-refractivity contribution in [3.8, 4) is 11.5 Å². The van der Waals surface area contributed by atoms with Crippen LogP contribution >= 0.6 is 15.9 Å². The molecule has 3 rings (SSSR count). The number of rotatable bonds is 7. The van der Waals surface area contributed by atoms with Crippen molar-refractivity contribution < 1.29 is 9.47 Å². The molecule has 0 fully saturated rings. The van der Waals surface area contributed by atoms with E-state index in [1.54, 1.807) is 19.4 Å². The van der Waals surface area contributed by atoms with E-state index in [1.165, 1.54) is 4.68 Å². The van der Waals surface area contributed by atoms with Crippen molar-refractivity contribution in [2.24, 2.45) is 5.10 Å². The van der Waals surface area contributed by atoms with E-state index in [2.05, 4.69) is 32.9 Å². The molecule has 0 N–H and O–H groups in total. The molecule has 0 saturated carbocycles. The van der Waals surface area contributed by atoms with Crippen molar-refractivity contribution in [2.75, 3.05) is 7.11 Å². The Labute approximate surface area is 184 Å². The first-order valence-corrected chi connectivity index (χ1v) is 10.7. The third kappa shape index (κ3) is 4.73. The second-order valence-corrected chi connectivity index (χ2v) is 8.31. The van der Waals surface area contributed by atoms with Crippen LogP contribution in [0.4, 0.5) is 0 Å². The molecule has 1 atom stereocenters. The molecule has 1 heterocycles. The minimum Gasteiger partial charge on any atom is -0.493 e. The molecule has 30 heavy (non-hydrogen) atoms. The predicted octanol–water partition coefficient (Wildman–Crippen LogP) is 5.35. The van der Waals surface area contributed by atoms with Gasteiger partial charge in [-0.25, -0.2) is 4.98 Å². The zero-order valence-corrected chi connectivity index (χ0v) is 19.4. The van der Waals surface area contributed by atoms with Gasteiger partial charge in [-0.1, -0.05) is 36.7 Å². The minimum absolute atomic E-state index is 0.0312. The van der Waals surface area contributed by atoms with Gasteiger partial charge in [0.2, 0.25) is 0 Å². The van der Waals surface area contributed by atoms with E-state index in [0.717, 1.165) is 16.5 Å². The number of methoxy groups -OCH3 is 1. The van der Waals surface area contributed by atoms with E-state index in [0.29, 0.717) is 28.2 Å². The fourth-order valence-corrected chi connectivity index (χ4v) is 3.30. The zero-order chi connectivity index (χ0) is 21.8. The maximum absolute atomic E-state index is 13.1. The fraction of sp³-hybridized carbons (Fsp3) is 0.348. The Morgan fingerprint density at radius 3 is 2.60 bits per heavy atom. The van der Waals surface area contributed by atoms with Crippen LogP contribution in [0.2, 0.25) is 0 Å². The predicted molar refractivity (Wildman–Crippen MR) is 124 cm³/mol. The molecule has 3 aromatic rings. The first kappa shape index (κ1) is 22.0. The number of fused-ring (bicyclic) bond motifs is 1. The summed E-state index contributed by atoms with van der Waals surface area (Å²) in [6.07, 6.45) is 2.63. The van der Waals surface area contributed by atoms with Crippen LogP contribution in [0.1, 0.15) is 51.4 Å². The van der Waals surface area contributed by atoms with Gasteiger partial charge in [-0.2, -0.15) is 9.78 Å². The lowest BCUT2D eigenvalue weighted by atomic mass is 10.2. The van der Waals surface area contributed by atoms with E-state index in [1.807, 2.05) is 51.1 Å². The van der Waals surface area contributed by atoms with Crippen molar-refractivity contribution >= 4 is 33.0 Å². The molecule has 0 radical (unpaired) electrons. The fourth-order valence-electron chi connectivity index (χ4n) is 2.94. The number of aromatic nitrogens is 2. The highest BCUT2D eigenvalue weighted by Crippen LogP contribution is 2.29. The van der Waals surface area contributed by atoms with Crippen LogP contribution in [0.3, 0.4) is 0 Å². The van der Waals surface area contributed by atoms with E-state index in [9.17, 15) is 4.79 Å². The largest absolute Gasteiger partial charge is 0.493 e. The van der Waals surface area contributed by atoms with Gasteiger partial charge in [-0.3, -0.25) is 4.79 Å². The molecule has 1 aromatic heterocycles. The van der Waals surface area contributed by atoms with Gasteiger partial charge in [-0.05, 0) is 55.3 Å². The third-order valence-electron chi connectivity index (χ3n) is 4.76. The Kier molecular flexibility index (Phi) is 6.92. The topological polar surface area (TPSA) is 65.7 Å². The number of ether oxygens (including phenoxy) is 2. The summed E-state index contributed by atoms with van der Waals surface area (Å²) in [6.45, 7) is 8.06. The Hall–Kier alpha value is -2.67. The average molecular weight is 472 g/mol. The maximum atomic E-state index is 13.1. The number of hydrogen-bond donors (Lipinski definition) is 0. The Balaban J connectivity index is 2.04. The molecule has 0 amide bonds. The SMILES string of the molecule is CC[C@H](C)Oc1ccc(C=Nn2c(C(C)C)nc3ccc(Br)cc3c2=O)cc1OC. The summed E-state index contributed by atoms with van der Waals surface area (Å²) >= 11 is 3.42.